The van der Waals surface area contributed by atoms with Gasteiger partial charge in [-0.2, -0.15) is 0 Å². The second kappa shape index (κ2) is 10.9. The Bertz CT molecular complexity index is 574. The molecule has 2 fully saturated rings. The van der Waals surface area contributed by atoms with Gasteiger partial charge >= 0.3 is 0 Å². The van der Waals surface area contributed by atoms with Crippen LogP contribution in [-0.4, -0.2) is 90.6 Å². The molecule has 166 valence electrons. The van der Waals surface area contributed by atoms with E-state index in [-0.39, 0.29) is 0 Å². The average molecular weight is 404 g/mol. The molecule has 1 aromatic heterocycles. The molecule has 0 amide bonds. The molecular weight excluding hydrogens is 358 g/mol. The van der Waals surface area contributed by atoms with Gasteiger partial charge in [0.2, 0.25) is 0 Å². The first-order chi connectivity index (χ1) is 14.0. The summed E-state index contributed by atoms with van der Waals surface area (Å²) in [6.45, 7) is 20.1. The monoisotopic (exact) mass is 403 g/mol. The van der Waals surface area contributed by atoms with Crippen LogP contribution in [0.4, 0.5) is 0 Å². The van der Waals surface area contributed by atoms with E-state index < -0.39 is 0 Å². The second-order valence-corrected chi connectivity index (χ2v) is 9.50. The molecule has 3 heterocycles. The summed E-state index contributed by atoms with van der Waals surface area (Å²) in [5.74, 6) is 0. The van der Waals surface area contributed by atoms with Crippen molar-refractivity contribution in [2.75, 3.05) is 66.5 Å². The van der Waals surface area contributed by atoms with Crippen LogP contribution >= 0.6 is 0 Å². The van der Waals surface area contributed by atoms with Gasteiger partial charge in [-0.05, 0) is 45.5 Å². The van der Waals surface area contributed by atoms with E-state index in [1.807, 2.05) is 0 Å². The topological polar surface area (TPSA) is 17.9 Å². The van der Waals surface area contributed by atoms with Gasteiger partial charge in [-0.15, -0.1) is 0 Å². The lowest BCUT2D eigenvalue weighted by Gasteiger charge is -2.34. The molecule has 3 rings (SSSR count). The highest BCUT2D eigenvalue weighted by Crippen LogP contribution is 2.27. The number of nitrogens with zero attached hydrogens (tertiary/aromatic N) is 5. The van der Waals surface area contributed by atoms with Crippen molar-refractivity contribution in [2.24, 2.45) is 0 Å². The normalized spacial score (nSPS) is 20.6. The van der Waals surface area contributed by atoms with E-state index in [9.17, 15) is 0 Å². The first-order valence-corrected chi connectivity index (χ1v) is 12.0. The molecule has 5 heteroatoms. The zero-order valence-corrected chi connectivity index (χ0v) is 19.8. The lowest BCUT2D eigenvalue weighted by atomic mass is 10.1. The average Bonchev–Trinajstić information content (AvgIpc) is 2.93. The molecule has 0 saturated carbocycles. The summed E-state index contributed by atoms with van der Waals surface area (Å²) < 4.78 is 2.65. The van der Waals surface area contributed by atoms with E-state index in [0.717, 1.165) is 13.1 Å². The first kappa shape index (κ1) is 22.8. The third-order valence-corrected chi connectivity index (χ3v) is 7.24. The van der Waals surface area contributed by atoms with Crippen LogP contribution < -0.4 is 0 Å². The van der Waals surface area contributed by atoms with E-state index in [1.54, 1.807) is 11.1 Å². The lowest BCUT2D eigenvalue weighted by Crippen LogP contribution is -2.45. The molecule has 0 radical (unpaired) electrons. The Balaban J connectivity index is 1.76. The lowest BCUT2D eigenvalue weighted by molar-refractivity contribution is 0.141. The summed E-state index contributed by atoms with van der Waals surface area (Å²) in [5.41, 5.74) is 6.31. The van der Waals surface area contributed by atoms with Gasteiger partial charge in [-0.1, -0.05) is 26.2 Å². The quantitative estimate of drug-likeness (QED) is 0.589. The van der Waals surface area contributed by atoms with E-state index in [1.165, 1.54) is 96.0 Å². The van der Waals surface area contributed by atoms with Gasteiger partial charge in [0, 0.05) is 83.4 Å². The van der Waals surface area contributed by atoms with Crippen LogP contribution in [0.3, 0.4) is 0 Å². The summed E-state index contributed by atoms with van der Waals surface area (Å²) in [4.78, 5) is 10.3. The maximum absolute atomic E-state index is 2.68. The van der Waals surface area contributed by atoms with Crippen LogP contribution in [-0.2, 0) is 19.6 Å². The summed E-state index contributed by atoms with van der Waals surface area (Å²) in [6, 6.07) is 0. The molecule has 2 aliphatic heterocycles. The Labute approximate surface area is 179 Å². The molecule has 0 bridgehead atoms. The van der Waals surface area contributed by atoms with Gasteiger partial charge < -0.3 is 14.4 Å². The van der Waals surface area contributed by atoms with Crippen molar-refractivity contribution in [3.63, 3.8) is 0 Å². The zero-order chi connectivity index (χ0) is 20.8. The summed E-state index contributed by atoms with van der Waals surface area (Å²) in [6.07, 6.45) is 5.34. The number of hydrogen-bond donors (Lipinski definition) is 0. The third-order valence-electron chi connectivity index (χ3n) is 7.24. The fourth-order valence-electron chi connectivity index (χ4n) is 4.93. The molecule has 0 aliphatic carbocycles. The number of rotatable bonds is 9. The highest BCUT2D eigenvalue weighted by atomic mass is 15.3. The molecule has 1 aromatic rings. The molecule has 0 unspecified atom stereocenters. The molecule has 0 spiro atoms. The van der Waals surface area contributed by atoms with Crippen LogP contribution in [0.1, 0.15) is 55.1 Å². The Kier molecular flexibility index (Phi) is 8.60. The second-order valence-electron chi connectivity index (χ2n) is 9.50. The SMILES string of the molecule is CCCCCCn1c(C)c(CN2CCN(C)CC2)c(CN2CCN(C)CC2)c1C. The van der Waals surface area contributed by atoms with Crippen molar-refractivity contribution in [3.05, 3.63) is 22.5 Å². The van der Waals surface area contributed by atoms with Crippen molar-refractivity contribution in [3.8, 4) is 0 Å². The van der Waals surface area contributed by atoms with Crippen molar-refractivity contribution in [1.82, 2.24) is 24.2 Å². The molecule has 0 atom stereocenters. The van der Waals surface area contributed by atoms with Crippen molar-refractivity contribution >= 4 is 0 Å². The zero-order valence-electron chi connectivity index (χ0n) is 19.8. The van der Waals surface area contributed by atoms with E-state index in [0.29, 0.717) is 0 Å². The van der Waals surface area contributed by atoms with Crippen molar-refractivity contribution in [2.45, 2.75) is 66.1 Å². The summed E-state index contributed by atoms with van der Waals surface area (Å²) in [5, 5.41) is 0. The van der Waals surface area contributed by atoms with Crippen LogP contribution in [0.2, 0.25) is 0 Å². The van der Waals surface area contributed by atoms with Gasteiger partial charge in [0.25, 0.3) is 0 Å². The van der Waals surface area contributed by atoms with Gasteiger partial charge in [-0.3, -0.25) is 9.80 Å². The number of aromatic nitrogens is 1. The number of likely N-dealkylation sites (N-methyl/N-ethyl adjacent to an activating group) is 2. The van der Waals surface area contributed by atoms with Crippen molar-refractivity contribution in [1.29, 1.82) is 0 Å². The predicted octanol–water partition coefficient (Wildman–Crippen LogP) is 3.18. The largest absolute Gasteiger partial charge is 0.349 e. The minimum Gasteiger partial charge on any atom is -0.349 e. The highest BCUT2D eigenvalue weighted by Gasteiger charge is 2.24. The molecule has 2 aliphatic rings. The highest BCUT2D eigenvalue weighted by molar-refractivity contribution is 5.38. The smallest absolute Gasteiger partial charge is 0.0255 e. The van der Waals surface area contributed by atoms with Crippen molar-refractivity contribution < 1.29 is 0 Å². The minimum atomic E-state index is 1.13. The standard InChI is InChI=1S/C24H45N5/c1-6-7-8-9-10-29-21(2)23(19-27-15-11-25(4)12-16-27)24(22(29)3)20-28-17-13-26(5)14-18-28/h6-20H2,1-5H3. The molecule has 5 nitrogen and oxygen atoms in total. The summed E-state index contributed by atoms with van der Waals surface area (Å²) in [7, 11) is 4.50. The Morgan fingerprint density at radius 1 is 0.621 bits per heavy atom. The Morgan fingerprint density at radius 2 is 1.07 bits per heavy atom. The van der Waals surface area contributed by atoms with Crippen LogP contribution in [0.5, 0.6) is 0 Å². The molecule has 29 heavy (non-hydrogen) atoms. The number of piperazine rings is 2. The summed E-state index contributed by atoms with van der Waals surface area (Å²) >= 11 is 0. The van der Waals surface area contributed by atoms with Gasteiger partial charge in [0.1, 0.15) is 0 Å². The van der Waals surface area contributed by atoms with Gasteiger partial charge in [0.05, 0.1) is 0 Å². The maximum Gasteiger partial charge on any atom is 0.0255 e. The Hall–Kier alpha value is -0.880. The number of unbranched alkanes of at least 4 members (excludes halogenated alkanes) is 3. The fraction of sp³-hybridized carbons (Fsp3) is 0.833. The van der Waals surface area contributed by atoms with Gasteiger partial charge in [0.15, 0.2) is 0 Å². The predicted molar refractivity (Wildman–Crippen MR) is 124 cm³/mol. The first-order valence-electron chi connectivity index (χ1n) is 12.0. The minimum absolute atomic E-state index is 1.13. The fourth-order valence-corrected chi connectivity index (χ4v) is 4.93. The third kappa shape index (κ3) is 6.06. The maximum atomic E-state index is 2.68. The Morgan fingerprint density at radius 3 is 1.48 bits per heavy atom. The molecular formula is C24H45N5. The van der Waals surface area contributed by atoms with E-state index in [4.69, 9.17) is 0 Å². The molecule has 0 aromatic carbocycles. The molecule has 2 saturated heterocycles. The van der Waals surface area contributed by atoms with Gasteiger partial charge in [-0.25, -0.2) is 0 Å². The number of hydrogen-bond acceptors (Lipinski definition) is 4. The van der Waals surface area contributed by atoms with E-state index in [2.05, 4.69) is 59.0 Å². The van der Waals surface area contributed by atoms with E-state index >= 15 is 0 Å². The molecule has 0 N–H and O–H groups in total. The van der Waals surface area contributed by atoms with Crippen LogP contribution in [0.15, 0.2) is 0 Å². The van der Waals surface area contributed by atoms with Crippen LogP contribution in [0.25, 0.3) is 0 Å². The van der Waals surface area contributed by atoms with Crippen LogP contribution in [0, 0.1) is 13.8 Å².